The second-order valence-corrected chi connectivity index (χ2v) is 3.78. The third-order valence-corrected chi connectivity index (χ3v) is 2.68. The number of carbonyl (C=O) groups excluding carboxylic acids is 1. The highest BCUT2D eigenvalue weighted by molar-refractivity contribution is 7.11. The first-order valence-electron chi connectivity index (χ1n) is 4.19. The summed E-state index contributed by atoms with van der Waals surface area (Å²) in [5.41, 5.74) is -0.520. The summed E-state index contributed by atoms with van der Waals surface area (Å²) in [4.78, 5) is 15.3. The van der Waals surface area contributed by atoms with Crippen molar-refractivity contribution in [3.05, 3.63) is 51.7 Å². The molecule has 2 nitrogen and oxygen atoms in total. The summed E-state index contributed by atoms with van der Waals surface area (Å²) >= 11 is 1.00. The monoisotopic (exact) mass is 243 g/mol. The molecule has 0 unspecified atom stereocenters. The number of ketones is 1. The predicted octanol–water partition coefficient (Wildman–Crippen LogP) is 2.79. The molecule has 0 spiro atoms. The standard InChI is InChI=1S/C10H4F3NOS/c11-6-2-1-5(7(12)8(6)13)9(15)10-14-3-4-16-10/h1-4H. The van der Waals surface area contributed by atoms with Gasteiger partial charge in [0.15, 0.2) is 22.5 Å². The van der Waals surface area contributed by atoms with Gasteiger partial charge in [0.25, 0.3) is 0 Å². The van der Waals surface area contributed by atoms with Crippen molar-refractivity contribution in [2.24, 2.45) is 0 Å². The molecule has 1 heterocycles. The summed E-state index contributed by atoms with van der Waals surface area (Å²) in [6.45, 7) is 0. The Morgan fingerprint density at radius 2 is 1.94 bits per heavy atom. The topological polar surface area (TPSA) is 30.0 Å². The zero-order chi connectivity index (χ0) is 11.7. The molecule has 1 aromatic heterocycles. The van der Waals surface area contributed by atoms with Crippen LogP contribution in [0.3, 0.4) is 0 Å². The SMILES string of the molecule is O=C(c1nccs1)c1ccc(F)c(F)c1F. The van der Waals surface area contributed by atoms with Crippen LogP contribution in [-0.4, -0.2) is 10.8 Å². The van der Waals surface area contributed by atoms with Crippen molar-refractivity contribution in [3.63, 3.8) is 0 Å². The molecule has 1 aromatic carbocycles. The van der Waals surface area contributed by atoms with E-state index in [1.165, 1.54) is 11.6 Å². The lowest BCUT2D eigenvalue weighted by atomic mass is 10.1. The fraction of sp³-hybridized carbons (Fsp3) is 0. The summed E-state index contributed by atoms with van der Waals surface area (Å²) in [6.07, 6.45) is 1.37. The van der Waals surface area contributed by atoms with Crippen LogP contribution in [0.2, 0.25) is 0 Å². The number of aromatic nitrogens is 1. The van der Waals surface area contributed by atoms with E-state index in [9.17, 15) is 18.0 Å². The Morgan fingerprint density at radius 1 is 1.19 bits per heavy atom. The minimum absolute atomic E-state index is 0.0323. The smallest absolute Gasteiger partial charge is 0.224 e. The van der Waals surface area contributed by atoms with Gasteiger partial charge in [-0.3, -0.25) is 4.79 Å². The number of rotatable bonds is 2. The molecule has 0 aliphatic rings. The maximum Gasteiger partial charge on any atom is 0.224 e. The van der Waals surface area contributed by atoms with E-state index in [2.05, 4.69) is 4.98 Å². The lowest BCUT2D eigenvalue weighted by Crippen LogP contribution is -2.06. The van der Waals surface area contributed by atoms with Gasteiger partial charge in [-0.25, -0.2) is 18.2 Å². The van der Waals surface area contributed by atoms with Gasteiger partial charge in [-0.1, -0.05) is 0 Å². The highest BCUT2D eigenvalue weighted by Gasteiger charge is 2.21. The molecule has 0 amide bonds. The molecule has 82 valence electrons. The largest absolute Gasteiger partial charge is 0.286 e. The minimum atomic E-state index is -1.65. The third-order valence-electron chi connectivity index (χ3n) is 1.91. The Bertz CT molecular complexity index is 539. The lowest BCUT2D eigenvalue weighted by molar-refractivity contribution is 0.103. The molecule has 0 atom stereocenters. The molecule has 0 fully saturated rings. The van der Waals surface area contributed by atoms with Crippen LogP contribution in [0, 0.1) is 17.5 Å². The van der Waals surface area contributed by atoms with Crippen LogP contribution in [0.1, 0.15) is 15.4 Å². The van der Waals surface area contributed by atoms with E-state index in [1.54, 1.807) is 0 Å². The Hall–Kier alpha value is -1.69. The molecule has 6 heteroatoms. The molecule has 2 rings (SSSR count). The fourth-order valence-electron chi connectivity index (χ4n) is 1.15. The molecule has 16 heavy (non-hydrogen) atoms. The second kappa shape index (κ2) is 4.05. The van der Waals surface area contributed by atoms with Gasteiger partial charge in [-0.2, -0.15) is 0 Å². The molecule has 2 aromatic rings. The van der Waals surface area contributed by atoms with Crippen LogP contribution in [-0.2, 0) is 0 Å². The number of nitrogens with zero attached hydrogens (tertiary/aromatic N) is 1. The number of hydrogen-bond acceptors (Lipinski definition) is 3. The first-order chi connectivity index (χ1) is 7.61. The molecule has 0 saturated heterocycles. The highest BCUT2D eigenvalue weighted by Crippen LogP contribution is 2.19. The van der Waals surface area contributed by atoms with Crippen molar-refractivity contribution in [2.45, 2.75) is 0 Å². The summed E-state index contributed by atoms with van der Waals surface area (Å²) in [7, 11) is 0. The van der Waals surface area contributed by atoms with E-state index in [1.807, 2.05) is 0 Å². The van der Waals surface area contributed by atoms with E-state index in [0.717, 1.165) is 17.4 Å². The van der Waals surface area contributed by atoms with Gasteiger partial charge < -0.3 is 0 Å². The normalized spacial score (nSPS) is 10.4. The Balaban J connectivity index is 2.50. The van der Waals surface area contributed by atoms with Crippen LogP contribution in [0.5, 0.6) is 0 Å². The van der Waals surface area contributed by atoms with Crippen molar-refractivity contribution in [3.8, 4) is 0 Å². The van der Waals surface area contributed by atoms with Crippen LogP contribution in [0.25, 0.3) is 0 Å². The van der Waals surface area contributed by atoms with Gasteiger partial charge in [0.05, 0.1) is 5.56 Å². The number of carbonyl (C=O) groups is 1. The molecular formula is C10H4F3NOS. The Morgan fingerprint density at radius 3 is 2.56 bits per heavy atom. The predicted molar refractivity (Wildman–Crippen MR) is 51.9 cm³/mol. The molecule has 0 radical (unpaired) electrons. The maximum atomic E-state index is 13.2. The molecule has 0 aliphatic heterocycles. The van der Waals surface area contributed by atoms with Crippen LogP contribution in [0.15, 0.2) is 23.7 Å². The Kier molecular flexibility index (Phi) is 2.74. The van der Waals surface area contributed by atoms with E-state index >= 15 is 0 Å². The van der Waals surface area contributed by atoms with E-state index in [4.69, 9.17) is 0 Å². The van der Waals surface area contributed by atoms with Gasteiger partial charge >= 0.3 is 0 Å². The van der Waals surface area contributed by atoms with E-state index in [0.29, 0.717) is 6.07 Å². The zero-order valence-corrected chi connectivity index (χ0v) is 8.52. The zero-order valence-electron chi connectivity index (χ0n) is 7.71. The fourth-order valence-corrected chi connectivity index (χ4v) is 1.74. The van der Waals surface area contributed by atoms with Gasteiger partial charge in [0, 0.05) is 11.6 Å². The van der Waals surface area contributed by atoms with Crippen molar-refractivity contribution in [1.82, 2.24) is 4.98 Å². The first-order valence-corrected chi connectivity index (χ1v) is 5.07. The van der Waals surface area contributed by atoms with E-state index < -0.39 is 28.8 Å². The average molecular weight is 243 g/mol. The summed E-state index contributed by atoms with van der Waals surface area (Å²) < 4.78 is 38.7. The number of benzene rings is 1. The van der Waals surface area contributed by atoms with Gasteiger partial charge in [0.2, 0.25) is 5.78 Å². The first kappa shape index (κ1) is 10.8. The maximum absolute atomic E-state index is 13.2. The molecule has 0 bridgehead atoms. The highest BCUT2D eigenvalue weighted by atomic mass is 32.1. The van der Waals surface area contributed by atoms with Crippen molar-refractivity contribution >= 4 is 17.1 Å². The van der Waals surface area contributed by atoms with Crippen LogP contribution >= 0.6 is 11.3 Å². The lowest BCUT2D eigenvalue weighted by Gasteiger charge is -2.01. The molecule has 0 aliphatic carbocycles. The number of thiazole rings is 1. The number of halogens is 3. The Labute approximate surface area is 92.4 Å². The average Bonchev–Trinajstić information content (AvgIpc) is 2.79. The third kappa shape index (κ3) is 1.71. The van der Waals surface area contributed by atoms with Crippen LogP contribution in [0.4, 0.5) is 13.2 Å². The van der Waals surface area contributed by atoms with E-state index in [-0.39, 0.29) is 5.01 Å². The quantitative estimate of drug-likeness (QED) is 0.599. The molecule has 0 saturated carbocycles. The minimum Gasteiger partial charge on any atom is -0.286 e. The van der Waals surface area contributed by atoms with Crippen molar-refractivity contribution in [2.75, 3.05) is 0 Å². The van der Waals surface area contributed by atoms with Crippen LogP contribution < -0.4 is 0 Å². The van der Waals surface area contributed by atoms with Gasteiger partial charge in [-0.05, 0) is 12.1 Å². The summed E-state index contributed by atoms with van der Waals surface area (Å²) in [5, 5.41) is 1.57. The van der Waals surface area contributed by atoms with Crippen molar-refractivity contribution in [1.29, 1.82) is 0 Å². The molecular weight excluding hydrogens is 239 g/mol. The summed E-state index contributed by atoms with van der Waals surface area (Å²) in [5.74, 6) is -5.22. The molecule has 0 N–H and O–H groups in total. The second-order valence-electron chi connectivity index (χ2n) is 2.89. The summed E-state index contributed by atoms with van der Waals surface area (Å²) in [6, 6.07) is 1.61. The van der Waals surface area contributed by atoms with Gasteiger partial charge in [-0.15, -0.1) is 11.3 Å². The van der Waals surface area contributed by atoms with Crippen molar-refractivity contribution < 1.29 is 18.0 Å². The van der Waals surface area contributed by atoms with Gasteiger partial charge in [0.1, 0.15) is 0 Å². The number of hydrogen-bond donors (Lipinski definition) is 0.